The second-order valence-electron chi connectivity index (χ2n) is 5.51. The molecule has 1 aromatic carbocycles. The molecule has 1 aliphatic heterocycles. The van der Waals surface area contributed by atoms with Gasteiger partial charge in [-0.3, -0.25) is 0 Å². The molecule has 0 atom stereocenters. The quantitative estimate of drug-likeness (QED) is 0.919. The Labute approximate surface area is 141 Å². The first-order chi connectivity index (χ1) is 11.0. The molecule has 124 valence electrons. The zero-order chi connectivity index (χ0) is 16.4. The van der Waals surface area contributed by atoms with Crippen molar-refractivity contribution in [2.45, 2.75) is 28.5 Å². The van der Waals surface area contributed by atoms with E-state index in [1.807, 2.05) is 32.0 Å². The Morgan fingerprint density at radius 3 is 2.48 bits per heavy atom. The Hall–Kier alpha value is -1.28. The van der Waals surface area contributed by atoms with E-state index in [1.165, 1.54) is 16.1 Å². The molecule has 3 rings (SSSR count). The maximum atomic E-state index is 12.9. The van der Waals surface area contributed by atoms with Crippen molar-refractivity contribution in [3.8, 4) is 0 Å². The van der Waals surface area contributed by atoms with E-state index >= 15 is 0 Å². The highest BCUT2D eigenvalue weighted by atomic mass is 32.2. The van der Waals surface area contributed by atoms with Crippen LogP contribution in [0.15, 0.2) is 45.0 Å². The highest BCUT2D eigenvalue weighted by Gasteiger charge is 2.28. The minimum absolute atomic E-state index is 0.366. The average molecular weight is 352 g/mol. The number of sulfonamides is 1. The van der Waals surface area contributed by atoms with Crippen molar-refractivity contribution in [2.75, 3.05) is 26.3 Å². The van der Waals surface area contributed by atoms with Gasteiger partial charge in [-0.2, -0.15) is 4.31 Å². The lowest BCUT2D eigenvalue weighted by molar-refractivity contribution is 0.0729. The first-order valence-corrected chi connectivity index (χ1v) is 9.75. The molecule has 0 unspecified atom stereocenters. The van der Waals surface area contributed by atoms with Gasteiger partial charge in [-0.1, -0.05) is 23.9 Å². The van der Waals surface area contributed by atoms with Gasteiger partial charge in [-0.15, -0.1) is 0 Å². The number of hydrogen-bond donors (Lipinski definition) is 1. The lowest BCUT2D eigenvalue weighted by Crippen LogP contribution is -2.40. The lowest BCUT2D eigenvalue weighted by atomic mass is 10.4. The van der Waals surface area contributed by atoms with Crippen molar-refractivity contribution in [1.82, 2.24) is 9.29 Å². The van der Waals surface area contributed by atoms with Gasteiger partial charge in [0, 0.05) is 34.3 Å². The van der Waals surface area contributed by atoms with Crippen LogP contribution in [-0.4, -0.2) is 44.0 Å². The normalized spacial score (nSPS) is 16.6. The van der Waals surface area contributed by atoms with Gasteiger partial charge in [0.2, 0.25) is 10.0 Å². The number of aromatic amines is 1. The minimum atomic E-state index is -3.50. The summed E-state index contributed by atoms with van der Waals surface area (Å²) in [4.78, 5) is 5.42. The molecule has 0 spiro atoms. The number of aromatic nitrogens is 1. The summed E-state index contributed by atoms with van der Waals surface area (Å²) in [7, 11) is -3.50. The molecule has 7 heteroatoms. The van der Waals surface area contributed by atoms with Crippen molar-refractivity contribution < 1.29 is 13.2 Å². The molecule has 2 heterocycles. The Kier molecular flexibility index (Phi) is 4.82. The smallest absolute Gasteiger partial charge is 0.244 e. The molecular weight excluding hydrogens is 332 g/mol. The monoisotopic (exact) mass is 352 g/mol. The Bertz CT molecular complexity index is 793. The fourth-order valence-corrected chi connectivity index (χ4v) is 5.51. The molecule has 5 nitrogen and oxygen atoms in total. The van der Waals surface area contributed by atoms with Crippen LogP contribution in [0.1, 0.15) is 11.4 Å². The van der Waals surface area contributed by atoms with E-state index in [0.29, 0.717) is 31.2 Å². The van der Waals surface area contributed by atoms with Gasteiger partial charge in [0.05, 0.1) is 18.1 Å². The molecule has 1 N–H and O–H groups in total. The molecule has 1 saturated heterocycles. The van der Waals surface area contributed by atoms with Crippen LogP contribution in [0.3, 0.4) is 0 Å². The topological polar surface area (TPSA) is 62.4 Å². The molecule has 1 fully saturated rings. The number of rotatable bonds is 4. The fourth-order valence-electron chi connectivity index (χ4n) is 2.60. The van der Waals surface area contributed by atoms with Gasteiger partial charge < -0.3 is 9.72 Å². The molecule has 23 heavy (non-hydrogen) atoms. The molecule has 0 radical (unpaired) electrons. The van der Waals surface area contributed by atoms with Crippen LogP contribution in [0.2, 0.25) is 0 Å². The molecule has 0 aliphatic carbocycles. The molecule has 0 saturated carbocycles. The number of nitrogens with zero attached hydrogens (tertiary/aromatic N) is 1. The van der Waals surface area contributed by atoms with Gasteiger partial charge in [-0.25, -0.2) is 8.42 Å². The van der Waals surface area contributed by atoms with Crippen LogP contribution in [0.5, 0.6) is 0 Å². The highest BCUT2D eigenvalue weighted by Crippen LogP contribution is 2.36. The molecule has 1 aromatic heterocycles. The SMILES string of the molecule is Cc1cc(Sc2ccccc2S(=O)(=O)N2CCOCC2)c(C)[nH]1. The number of morpholine rings is 1. The van der Waals surface area contributed by atoms with Crippen LogP contribution in [0.4, 0.5) is 0 Å². The second-order valence-corrected chi connectivity index (χ2v) is 8.50. The maximum Gasteiger partial charge on any atom is 0.244 e. The van der Waals surface area contributed by atoms with Crippen molar-refractivity contribution >= 4 is 21.8 Å². The van der Waals surface area contributed by atoms with E-state index in [2.05, 4.69) is 4.98 Å². The lowest BCUT2D eigenvalue weighted by Gasteiger charge is -2.26. The Morgan fingerprint density at radius 1 is 1.13 bits per heavy atom. The highest BCUT2D eigenvalue weighted by molar-refractivity contribution is 8.00. The third kappa shape index (κ3) is 3.47. The van der Waals surface area contributed by atoms with Gasteiger partial charge >= 0.3 is 0 Å². The van der Waals surface area contributed by atoms with Crippen LogP contribution in [0.25, 0.3) is 0 Å². The standard InChI is InChI=1S/C16H20N2O3S2/c1-12-11-15(13(2)17-12)22-14-5-3-4-6-16(14)23(19,20)18-7-9-21-10-8-18/h3-6,11,17H,7-10H2,1-2H3. The summed E-state index contributed by atoms with van der Waals surface area (Å²) in [5, 5.41) is 0. The van der Waals surface area contributed by atoms with E-state index < -0.39 is 10.0 Å². The number of hydrogen-bond acceptors (Lipinski definition) is 4. The summed E-state index contributed by atoms with van der Waals surface area (Å²) in [6.07, 6.45) is 0. The van der Waals surface area contributed by atoms with E-state index in [-0.39, 0.29) is 0 Å². The van der Waals surface area contributed by atoms with Gasteiger partial charge in [-0.05, 0) is 32.0 Å². The number of ether oxygens (including phenoxy) is 1. The largest absolute Gasteiger partial charge is 0.379 e. The summed E-state index contributed by atoms with van der Waals surface area (Å²) in [6, 6.07) is 9.22. The maximum absolute atomic E-state index is 12.9. The predicted molar refractivity (Wildman–Crippen MR) is 90.4 cm³/mol. The minimum Gasteiger partial charge on any atom is -0.379 e. The van der Waals surface area contributed by atoms with Crippen molar-refractivity contribution in [1.29, 1.82) is 0 Å². The number of aryl methyl sites for hydroxylation is 2. The zero-order valence-corrected chi connectivity index (χ0v) is 14.8. The second kappa shape index (κ2) is 6.68. The van der Waals surface area contributed by atoms with Crippen LogP contribution >= 0.6 is 11.8 Å². The average Bonchev–Trinajstić information content (AvgIpc) is 2.86. The van der Waals surface area contributed by atoms with Crippen LogP contribution in [0, 0.1) is 13.8 Å². The van der Waals surface area contributed by atoms with E-state index in [4.69, 9.17) is 4.74 Å². The molecule has 1 aliphatic rings. The van der Waals surface area contributed by atoms with E-state index in [9.17, 15) is 8.42 Å². The predicted octanol–water partition coefficient (Wildman–Crippen LogP) is 2.80. The van der Waals surface area contributed by atoms with Gasteiger partial charge in [0.25, 0.3) is 0 Å². The number of benzene rings is 1. The summed E-state index contributed by atoms with van der Waals surface area (Å²) < 4.78 is 32.6. The summed E-state index contributed by atoms with van der Waals surface area (Å²) in [6.45, 7) is 5.70. The van der Waals surface area contributed by atoms with Crippen LogP contribution in [-0.2, 0) is 14.8 Å². The van der Waals surface area contributed by atoms with E-state index in [1.54, 1.807) is 12.1 Å². The van der Waals surface area contributed by atoms with Gasteiger partial charge in [0.15, 0.2) is 0 Å². The summed E-state index contributed by atoms with van der Waals surface area (Å²) >= 11 is 1.48. The third-order valence-electron chi connectivity index (χ3n) is 3.76. The summed E-state index contributed by atoms with van der Waals surface area (Å²) in [5.74, 6) is 0. The fraction of sp³-hybridized carbons (Fsp3) is 0.375. The Balaban J connectivity index is 1.95. The van der Waals surface area contributed by atoms with Crippen LogP contribution < -0.4 is 0 Å². The zero-order valence-electron chi connectivity index (χ0n) is 13.2. The first-order valence-electron chi connectivity index (χ1n) is 7.49. The van der Waals surface area contributed by atoms with Gasteiger partial charge in [0.1, 0.15) is 0 Å². The van der Waals surface area contributed by atoms with Crippen molar-refractivity contribution in [3.05, 3.63) is 41.7 Å². The molecule has 0 bridgehead atoms. The number of nitrogens with one attached hydrogen (secondary N) is 1. The Morgan fingerprint density at radius 2 is 1.83 bits per heavy atom. The van der Waals surface area contributed by atoms with Crippen molar-refractivity contribution in [2.24, 2.45) is 0 Å². The molecular formula is C16H20N2O3S2. The summed E-state index contributed by atoms with van der Waals surface area (Å²) in [5.41, 5.74) is 2.12. The molecule has 2 aromatic rings. The third-order valence-corrected chi connectivity index (χ3v) is 7.06. The number of H-pyrrole nitrogens is 1. The first kappa shape index (κ1) is 16.6. The van der Waals surface area contributed by atoms with Crippen molar-refractivity contribution in [3.63, 3.8) is 0 Å². The molecule has 0 amide bonds. The van der Waals surface area contributed by atoms with E-state index in [0.717, 1.165) is 21.2 Å².